The molecular weight excluding hydrogens is 524 g/mol. The van der Waals surface area contributed by atoms with Gasteiger partial charge >= 0.3 is 5.97 Å². The lowest BCUT2D eigenvalue weighted by molar-refractivity contribution is -0.155. The molecule has 0 aliphatic rings. The van der Waals surface area contributed by atoms with Gasteiger partial charge in [0, 0.05) is 12.0 Å². The second-order valence-corrected chi connectivity index (χ2v) is 10.5. The van der Waals surface area contributed by atoms with Gasteiger partial charge in [-0.1, -0.05) is 85.6 Å². The maximum absolute atomic E-state index is 10.8. The van der Waals surface area contributed by atoms with E-state index in [4.69, 9.17) is 19.1 Å². The first-order valence-electron chi connectivity index (χ1n) is 13.7. The number of ether oxygens (including phenoxy) is 1. The number of oxazole rings is 1. The second-order valence-electron chi connectivity index (χ2n) is 9.55. The highest BCUT2D eigenvalue weighted by atomic mass is 32.1. The number of unbranched alkanes of at least 4 members (excludes halogenated alkanes) is 3. The lowest BCUT2D eigenvalue weighted by Crippen LogP contribution is -2.10. The standard InChI is InChI=1S/C32H36N2O5S/c1-3-24-17-19-26(20-18-24)32(37-22-28-23(2)38-31(33-28)29-15-11-21-40-29)39-34-27(25-12-7-6-8-13-25)14-9-4-5-10-16-30(35)36/h6-8,11-13,15,17-21,32H,3-5,9-10,14,16,22H2,1-2H3,(H,35,36)/b34-27+. The van der Waals surface area contributed by atoms with Gasteiger partial charge in [-0.15, -0.1) is 11.3 Å². The maximum Gasteiger partial charge on any atom is 0.303 e. The molecule has 0 aliphatic heterocycles. The number of oxime groups is 1. The van der Waals surface area contributed by atoms with Crippen LogP contribution in [0.2, 0.25) is 0 Å². The van der Waals surface area contributed by atoms with Crippen molar-refractivity contribution in [3.05, 3.63) is 100 Å². The zero-order chi connectivity index (χ0) is 28.2. The van der Waals surface area contributed by atoms with E-state index in [0.29, 0.717) is 24.5 Å². The van der Waals surface area contributed by atoms with Gasteiger partial charge in [-0.2, -0.15) is 0 Å². The number of nitrogens with zero attached hydrogens (tertiary/aromatic N) is 2. The highest BCUT2D eigenvalue weighted by Gasteiger charge is 2.19. The minimum atomic E-state index is -0.749. The van der Waals surface area contributed by atoms with Crippen LogP contribution in [0.3, 0.4) is 0 Å². The van der Waals surface area contributed by atoms with Gasteiger partial charge in [0.1, 0.15) is 11.5 Å². The predicted octanol–water partition coefficient (Wildman–Crippen LogP) is 8.34. The van der Waals surface area contributed by atoms with Gasteiger partial charge in [0.25, 0.3) is 6.29 Å². The van der Waals surface area contributed by atoms with Crippen molar-refractivity contribution in [2.24, 2.45) is 5.16 Å². The van der Waals surface area contributed by atoms with Crippen molar-refractivity contribution < 1.29 is 23.9 Å². The number of aryl methyl sites for hydroxylation is 2. The topological polar surface area (TPSA) is 94.2 Å². The number of aliphatic carboxylic acids is 1. The van der Waals surface area contributed by atoms with Crippen LogP contribution < -0.4 is 0 Å². The Bertz CT molecular complexity index is 1350. The summed E-state index contributed by atoms with van der Waals surface area (Å²) < 4.78 is 12.1. The van der Waals surface area contributed by atoms with Gasteiger partial charge in [0.2, 0.25) is 5.89 Å². The Morgan fingerprint density at radius 1 is 1.00 bits per heavy atom. The van der Waals surface area contributed by atoms with Crippen molar-refractivity contribution in [3.8, 4) is 10.8 Å². The number of hydrogen-bond acceptors (Lipinski definition) is 7. The van der Waals surface area contributed by atoms with Crippen molar-refractivity contribution >= 4 is 23.0 Å². The summed E-state index contributed by atoms with van der Waals surface area (Å²) in [6.45, 7) is 4.22. The van der Waals surface area contributed by atoms with Crippen LogP contribution in [0.5, 0.6) is 0 Å². The largest absolute Gasteiger partial charge is 0.481 e. The fraction of sp³-hybridized carbons (Fsp3) is 0.344. The van der Waals surface area contributed by atoms with E-state index >= 15 is 0 Å². The van der Waals surface area contributed by atoms with Crippen molar-refractivity contribution in [1.29, 1.82) is 0 Å². The molecule has 8 heteroatoms. The third-order valence-corrected chi connectivity index (χ3v) is 7.43. The molecule has 0 saturated carbocycles. The molecule has 0 aliphatic carbocycles. The van der Waals surface area contributed by atoms with Gasteiger partial charge < -0.3 is 19.1 Å². The number of carboxylic acids is 1. The van der Waals surface area contributed by atoms with E-state index in [2.05, 4.69) is 29.2 Å². The Morgan fingerprint density at radius 3 is 2.42 bits per heavy atom. The third-order valence-electron chi connectivity index (χ3n) is 6.58. The zero-order valence-electron chi connectivity index (χ0n) is 23.0. The molecule has 0 bridgehead atoms. The fourth-order valence-electron chi connectivity index (χ4n) is 4.23. The second kappa shape index (κ2) is 15.1. The number of carbonyl (C=O) groups is 1. The summed E-state index contributed by atoms with van der Waals surface area (Å²) in [5.74, 6) is 0.546. The van der Waals surface area contributed by atoms with E-state index in [9.17, 15) is 4.79 Å². The lowest BCUT2D eigenvalue weighted by Gasteiger charge is -2.17. The van der Waals surface area contributed by atoms with Crippen molar-refractivity contribution in [2.75, 3.05) is 0 Å². The Morgan fingerprint density at radius 2 is 1.75 bits per heavy atom. The molecule has 1 N–H and O–H groups in total. The van der Waals surface area contributed by atoms with Crippen molar-refractivity contribution in [3.63, 3.8) is 0 Å². The van der Waals surface area contributed by atoms with E-state index in [-0.39, 0.29) is 13.0 Å². The van der Waals surface area contributed by atoms with Gasteiger partial charge in [0.05, 0.1) is 17.2 Å². The Balaban J connectivity index is 1.49. The van der Waals surface area contributed by atoms with E-state index in [1.54, 1.807) is 11.3 Å². The number of aromatic nitrogens is 1. The van der Waals surface area contributed by atoms with Gasteiger partial charge in [-0.05, 0) is 55.2 Å². The summed E-state index contributed by atoms with van der Waals surface area (Å²) in [6, 6.07) is 22.1. The number of thiophene rings is 1. The summed E-state index contributed by atoms with van der Waals surface area (Å²) in [6.07, 6.45) is 4.49. The molecule has 0 saturated heterocycles. The van der Waals surface area contributed by atoms with Crippen LogP contribution in [-0.2, 0) is 27.4 Å². The van der Waals surface area contributed by atoms with Crippen LogP contribution in [0.4, 0.5) is 0 Å². The predicted molar refractivity (Wildman–Crippen MR) is 157 cm³/mol. The Labute approximate surface area is 239 Å². The molecule has 210 valence electrons. The average molecular weight is 561 g/mol. The summed E-state index contributed by atoms with van der Waals surface area (Å²) in [4.78, 5) is 22.5. The van der Waals surface area contributed by atoms with Gasteiger partial charge in [-0.25, -0.2) is 4.98 Å². The summed E-state index contributed by atoms with van der Waals surface area (Å²) >= 11 is 1.58. The highest BCUT2D eigenvalue weighted by Crippen LogP contribution is 2.28. The molecule has 0 radical (unpaired) electrons. The van der Waals surface area contributed by atoms with Crippen molar-refractivity contribution in [1.82, 2.24) is 4.98 Å². The maximum atomic E-state index is 10.8. The smallest absolute Gasteiger partial charge is 0.303 e. The van der Waals surface area contributed by atoms with Crippen LogP contribution in [0.1, 0.15) is 79.9 Å². The van der Waals surface area contributed by atoms with E-state index in [1.807, 2.05) is 66.9 Å². The summed E-state index contributed by atoms with van der Waals surface area (Å²) in [5.41, 5.74) is 4.63. The Hall–Kier alpha value is -3.75. The van der Waals surface area contributed by atoms with E-state index in [1.165, 1.54) is 5.56 Å². The Kier molecular flexibility index (Phi) is 11.1. The van der Waals surface area contributed by atoms with Crippen LogP contribution in [0, 0.1) is 6.92 Å². The minimum Gasteiger partial charge on any atom is -0.481 e. The monoisotopic (exact) mass is 560 g/mol. The van der Waals surface area contributed by atoms with Crippen LogP contribution >= 0.6 is 11.3 Å². The van der Waals surface area contributed by atoms with Crippen molar-refractivity contribution in [2.45, 2.75) is 71.7 Å². The zero-order valence-corrected chi connectivity index (χ0v) is 23.9. The summed E-state index contributed by atoms with van der Waals surface area (Å²) in [5, 5.41) is 15.5. The molecule has 7 nitrogen and oxygen atoms in total. The molecule has 0 spiro atoms. The molecule has 2 aromatic heterocycles. The normalized spacial score (nSPS) is 12.4. The molecule has 0 amide bonds. The molecule has 1 atom stereocenters. The van der Waals surface area contributed by atoms with E-state index < -0.39 is 12.3 Å². The molecule has 2 aromatic carbocycles. The number of rotatable bonds is 16. The number of benzene rings is 2. The SMILES string of the molecule is CCc1ccc(C(OCc2nc(-c3cccs3)oc2C)O/N=C(\CCCCCCC(=O)O)c2ccccc2)cc1. The lowest BCUT2D eigenvalue weighted by atomic mass is 10.0. The van der Waals surface area contributed by atoms with Crippen LogP contribution in [-0.4, -0.2) is 21.8 Å². The van der Waals surface area contributed by atoms with Crippen LogP contribution in [0.25, 0.3) is 10.8 Å². The fourth-order valence-corrected chi connectivity index (χ4v) is 4.88. The highest BCUT2D eigenvalue weighted by molar-refractivity contribution is 7.13. The molecular formula is C32H36N2O5S. The molecule has 40 heavy (non-hydrogen) atoms. The molecule has 4 aromatic rings. The van der Waals surface area contributed by atoms with Gasteiger partial charge in [0.15, 0.2) is 0 Å². The van der Waals surface area contributed by atoms with E-state index in [0.717, 1.165) is 53.1 Å². The number of hydrogen-bond donors (Lipinski definition) is 1. The molecule has 2 heterocycles. The first kappa shape index (κ1) is 29.2. The first-order chi connectivity index (χ1) is 19.5. The molecule has 4 rings (SSSR count). The quantitative estimate of drug-likeness (QED) is 0.0641. The van der Waals surface area contributed by atoms with Gasteiger partial charge in [-0.3, -0.25) is 4.79 Å². The third kappa shape index (κ3) is 8.63. The summed E-state index contributed by atoms with van der Waals surface area (Å²) in [7, 11) is 0. The first-order valence-corrected chi connectivity index (χ1v) is 14.6. The van der Waals surface area contributed by atoms with Crippen LogP contribution in [0.15, 0.2) is 81.7 Å². The minimum absolute atomic E-state index is 0.207. The molecule has 1 unspecified atom stereocenters. The average Bonchev–Trinajstić information content (AvgIpc) is 3.64. The number of carboxylic acid groups (broad SMARTS) is 1. The molecule has 0 fully saturated rings.